The first-order valence-corrected chi connectivity index (χ1v) is 9.61. The molecule has 0 aliphatic carbocycles. The van der Waals surface area contributed by atoms with E-state index in [0.29, 0.717) is 31.4 Å². The van der Waals surface area contributed by atoms with Gasteiger partial charge in [0.25, 0.3) is 0 Å². The molecule has 0 saturated heterocycles. The fraction of sp³-hybridized carbons (Fsp3) is 0.381. The summed E-state index contributed by atoms with van der Waals surface area (Å²) in [6.07, 6.45) is 3.76. The number of hydrogen-bond donors (Lipinski definition) is 3. The van der Waals surface area contributed by atoms with E-state index in [2.05, 4.69) is 5.32 Å². The van der Waals surface area contributed by atoms with E-state index in [1.54, 1.807) is 23.9 Å². The number of nitrogens with zero attached hydrogens (tertiary/aromatic N) is 2. The first-order chi connectivity index (χ1) is 13.9. The number of benzene rings is 1. The molecule has 3 atom stereocenters. The topological polar surface area (TPSA) is 112 Å². The van der Waals surface area contributed by atoms with Gasteiger partial charge in [0.2, 0.25) is 0 Å². The van der Waals surface area contributed by atoms with Crippen molar-refractivity contribution in [2.75, 3.05) is 11.6 Å². The average molecular weight is 399 g/mol. The third-order valence-electron chi connectivity index (χ3n) is 5.27. The number of carbonyl (C=O) groups excluding carboxylic acids is 1. The van der Waals surface area contributed by atoms with Crippen molar-refractivity contribution < 1.29 is 24.6 Å². The second kappa shape index (κ2) is 8.91. The van der Waals surface area contributed by atoms with Gasteiger partial charge in [-0.25, -0.2) is 4.79 Å². The molecule has 1 aromatic heterocycles. The van der Waals surface area contributed by atoms with Crippen LogP contribution in [0.3, 0.4) is 0 Å². The van der Waals surface area contributed by atoms with Crippen LogP contribution in [-0.2, 0) is 27.2 Å². The SMILES string of the molecule is C[C@@H](C=O)N(C(CCc1ccccc1)C(=O)O)n1ccc2c1C(C(=O)O)NCC2. The predicted octanol–water partition coefficient (Wildman–Crippen LogP) is 1.37. The highest BCUT2D eigenvalue weighted by atomic mass is 16.4. The summed E-state index contributed by atoms with van der Waals surface area (Å²) in [6, 6.07) is 8.62. The first kappa shape index (κ1) is 20.6. The molecule has 0 bridgehead atoms. The Morgan fingerprint density at radius 1 is 1.28 bits per heavy atom. The number of carbonyl (C=O) groups is 3. The van der Waals surface area contributed by atoms with E-state index in [9.17, 15) is 24.6 Å². The molecule has 0 fully saturated rings. The van der Waals surface area contributed by atoms with Crippen LogP contribution in [0.1, 0.15) is 36.2 Å². The van der Waals surface area contributed by atoms with Crippen LogP contribution in [0.4, 0.5) is 0 Å². The lowest BCUT2D eigenvalue weighted by Crippen LogP contribution is -2.55. The number of aliphatic carboxylic acids is 2. The Labute approximate surface area is 168 Å². The van der Waals surface area contributed by atoms with Crippen molar-refractivity contribution in [3.05, 3.63) is 59.4 Å². The average Bonchev–Trinajstić information content (AvgIpc) is 3.14. The molecule has 8 heteroatoms. The molecule has 154 valence electrons. The normalized spacial score (nSPS) is 17.8. The number of aldehydes is 1. The number of carboxylic acids is 2. The van der Waals surface area contributed by atoms with Gasteiger partial charge >= 0.3 is 11.9 Å². The van der Waals surface area contributed by atoms with Crippen LogP contribution in [0, 0.1) is 0 Å². The van der Waals surface area contributed by atoms with E-state index < -0.39 is 30.1 Å². The van der Waals surface area contributed by atoms with Gasteiger partial charge < -0.3 is 15.0 Å². The van der Waals surface area contributed by atoms with Crippen molar-refractivity contribution in [2.45, 2.75) is 44.3 Å². The van der Waals surface area contributed by atoms with Crippen molar-refractivity contribution in [2.24, 2.45) is 0 Å². The van der Waals surface area contributed by atoms with Gasteiger partial charge in [0.15, 0.2) is 0 Å². The van der Waals surface area contributed by atoms with Crippen LogP contribution < -0.4 is 10.3 Å². The van der Waals surface area contributed by atoms with Crippen LogP contribution in [0.2, 0.25) is 0 Å². The first-order valence-electron chi connectivity index (χ1n) is 9.61. The van der Waals surface area contributed by atoms with Gasteiger partial charge in [-0.15, -0.1) is 0 Å². The van der Waals surface area contributed by atoms with E-state index >= 15 is 0 Å². The summed E-state index contributed by atoms with van der Waals surface area (Å²) in [4.78, 5) is 35.6. The van der Waals surface area contributed by atoms with Gasteiger partial charge in [0.05, 0.1) is 11.7 Å². The maximum Gasteiger partial charge on any atom is 0.328 e. The van der Waals surface area contributed by atoms with Crippen molar-refractivity contribution in [1.82, 2.24) is 9.99 Å². The summed E-state index contributed by atoms with van der Waals surface area (Å²) in [5.41, 5.74) is 2.31. The molecule has 2 unspecified atom stereocenters. The maximum atomic E-state index is 12.2. The fourth-order valence-electron chi connectivity index (χ4n) is 3.87. The molecule has 0 spiro atoms. The monoisotopic (exact) mass is 399 g/mol. The number of rotatable bonds is 9. The Kier molecular flexibility index (Phi) is 6.33. The van der Waals surface area contributed by atoms with Crippen LogP contribution in [0.25, 0.3) is 0 Å². The highest BCUT2D eigenvalue weighted by Gasteiger charge is 2.36. The molecule has 1 aromatic carbocycles. The zero-order valence-corrected chi connectivity index (χ0v) is 16.2. The number of hydrogen-bond acceptors (Lipinski definition) is 5. The Morgan fingerprint density at radius 2 is 2.00 bits per heavy atom. The Bertz CT molecular complexity index is 880. The van der Waals surface area contributed by atoms with Crippen molar-refractivity contribution >= 4 is 18.2 Å². The highest BCUT2D eigenvalue weighted by Crippen LogP contribution is 2.27. The molecular formula is C21H25N3O5. The molecule has 29 heavy (non-hydrogen) atoms. The van der Waals surface area contributed by atoms with E-state index in [-0.39, 0.29) is 6.42 Å². The van der Waals surface area contributed by atoms with Crippen molar-refractivity contribution in [1.29, 1.82) is 0 Å². The summed E-state index contributed by atoms with van der Waals surface area (Å²) in [7, 11) is 0. The lowest BCUT2D eigenvalue weighted by atomic mass is 10.0. The minimum absolute atomic E-state index is 0.273. The smallest absolute Gasteiger partial charge is 0.328 e. The molecule has 2 aromatic rings. The second-order valence-electron chi connectivity index (χ2n) is 7.18. The largest absolute Gasteiger partial charge is 0.480 e. The number of fused-ring (bicyclic) bond motifs is 1. The summed E-state index contributed by atoms with van der Waals surface area (Å²) >= 11 is 0. The van der Waals surface area contributed by atoms with Crippen molar-refractivity contribution in [3.8, 4) is 0 Å². The second-order valence-corrected chi connectivity index (χ2v) is 7.18. The Hall–Kier alpha value is -3.13. The van der Waals surface area contributed by atoms with Gasteiger partial charge in [-0.2, -0.15) is 0 Å². The molecular weight excluding hydrogens is 374 g/mol. The zero-order valence-electron chi connectivity index (χ0n) is 16.2. The van der Waals surface area contributed by atoms with Crippen LogP contribution in [0.5, 0.6) is 0 Å². The quantitative estimate of drug-likeness (QED) is 0.546. The summed E-state index contributed by atoms with van der Waals surface area (Å²) in [5.74, 6) is -2.10. The predicted molar refractivity (Wildman–Crippen MR) is 106 cm³/mol. The molecule has 0 radical (unpaired) electrons. The molecule has 2 heterocycles. The van der Waals surface area contributed by atoms with E-state index in [1.807, 2.05) is 30.3 Å². The molecule has 8 nitrogen and oxygen atoms in total. The molecule has 1 aliphatic rings. The minimum Gasteiger partial charge on any atom is -0.480 e. The molecule has 0 saturated carbocycles. The molecule has 0 amide bonds. The van der Waals surface area contributed by atoms with E-state index in [1.165, 1.54) is 5.01 Å². The van der Waals surface area contributed by atoms with Gasteiger partial charge in [-0.05, 0) is 43.4 Å². The third kappa shape index (κ3) is 4.32. The third-order valence-corrected chi connectivity index (χ3v) is 5.27. The molecule has 3 N–H and O–H groups in total. The molecule has 1 aliphatic heterocycles. The standard InChI is InChI=1S/C21H25N3O5/c1-14(13-25)24(17(20(26)27)8-7-15-5-3-2-4-6-15)23-12-10-16-9-11-22-18(19(16)23)21(28)29/h2-6,10,12-14,17-18,22H,7-9,11H2,1H3,(H,26,27)(H,28,29)/t14-,17?,18?/m0/s1. The van der Waals surface area contributed by atoms with Crippen LogP contribution in [0.15, 0.2) is 42.6 Å². The van der Waals surface area contributed by atoms with E-state index in [0.717, 1.165) is 11.1 Å². The van der Waals surface area contributed by atoms with Gasteiger partial charge in [0.1, 0.15) is 18.4 Å². The Morgan fingerprint density at radius 3 is 2.62 bits per heavy atom. The number of carboxylic acid groups (broad SMARTS) is 2. The number of nitrogens with one attached hydrogen (secondary N) is 1. The highest BCUT2D eigenvalue weighted by molar-refractivity contribution is 5.78. The van der Waals surface area contributed by atoms with Gasteiger partial charge in [-0.3, -0.25) is 19.8 Å². The summed E-state index contributed by atoms with van der Waals surface area (Å²) in [6.45, 7) is 2.14. The summed E-state index contributed by atoms with van der Waals surface area (Å²) < 4.78 is 1.54. The van der Waals surface area contributed by atoms with E-state index in [4.69, 9.17) is 0 Å². The Balaban J connectivity index is 1.99. The lowest BCUT2D eigenvalue weighted by Gasteiger charge is -2.37. The summed E-state index contributed by atoms with van der Waals surface area (Å²) in [5, 5.41) is 24.0. The number of aromatic nitrogens is 1. The van der Waals surface area contributed by atoms with Crippen molar-refractivity contribution in [3.63, 3.8) is 0 Å². The zero-order chi connectivity index (χ0) is 21.0. The van der Waals surface area contributed by atoms with Crippen LogP contribution in [-0.4, -0.2) is 51.7 Å². The molecule has 3 rings (SSSR count). The fourth-order valence-corrected chi connectivity index (χ4v) is 3.87. The maximum absolute atomic E-state index is 12.2. The minimum atomic E-state index is -1.06. The lowest BCUT2D eigenvalue weighted by molar-refractivity contribution is -0.140. The van der Waals surface area contributed by atoms with Gasteiger partial charge in [0, 0.05) is 12.7 Å². The van der Waals surface area contributed by atoms with Crippen LogP contribution >= 0.6 is 0 Å². The van der Waals surface area contributed by atoms with Gasteiger partial charge in [-0.1, -0.05) is 30.3 Å². The number of aryl methyl sites for hydroxylation is 1.